The van der Waals surface area contributed by atoms with Crippen molar-refractivity contribution in [2.75, 3.05) is 19.6 Å². The molecule has 3 aromatic rings. The second-order valence-corrected chi connectivity index (χ2v) is 9.08. The zero-order valence-corrected chi connectivity index (χ0v) is 18.2. The highest BCUT2D eigenvalue weighted by Gasteiger charge is 2.25. The van der Waals surface area contributed by atoms with Gasteiger partial charge in [-0.15, -0.1) is 11.3 Å². The fraction of sp³-hybridized carbons (Fsp3) is 0.346. The van der Waals surface area contributed by atoms with Gasteiger partial charge in [0.25, 0.3) is 0 Å². The van der Waals surface area contributed by atoms with Crippen molar-refractivity contribution >= 4 is 17.2 Å². The van der Waals surface area contributed by atoms with Crippen LogP contribution in [0, 0.1) is 5.92 Å². The van der Waals surface area contributed by atoms with Gasteiger partial charge in [0.05, 0.1) is 5.92 Å². The number of amides is 1. The van der Waals surface area contributed by atoms with Crippen LogP contribution in [0.5, 0.6) is 0 Å². The Hall–Kier alpha value is -2.43. The van der Waals surface area contributed by atoms with Gasteiger partial charge in [-0.1, -0.05) is 54.6 Å². The first-order valence-electron chi connectivity index (χ1n) is 10.9. The Bertz CT molecular complexity index is 923. The van der Waals surface area contributed by atoms with E-state index in [2.05, 4.69) is 76.3 Å². The molecule has 0 radical (unpaired) electrons. The molecule has 0 saturated carbocycles. The number of benzene rings is 2. The van der Waals surface area contributed by atoms with E-state index in [0.29, 0.717) is 0 Å². The minimum Gasteiger partial charge on any atom is -0.356 e. The Morgan fingerprint density at radius 1 is 1.03 bits per heavy atom. The fourth-order valence-corrected chi connectivity index (χ4v) is 4.95. The number of likely N-dealkylation sites (tertiary alicyclic amines) is 1. The summed E-state index contributed by atoms with van der Waals surface area (Å²) >= 11 is 1.78. The van der Waals surface area contributed by atoms with Crippen molar-refractivity contribution in [2.45, 2.75) is 32.2 Å². The average Bonchev–Trinajstić information content (AvgIpc) is 3.33. The number of carbonyl (C=O) groups is 1. The van der Waals surface area contributed by atoms with Gasteiger partial charge in [-0.3, -0.25) is 9.69 Å². The van der Waals surface area contributed by atoms with Crippen LogP contribution in [0.1, 0.15) is 30.4 Å². The van der Waals surface area contributed by atoms with Crippen LogP contribution in [0.2, 0.25) is 0 Å². The molecular formula is C26H30N2OS. The third kappa shape index (κ3) is 5.80. The molecule has 156 valence electrons. The second kappa shape index (κ2) is 10.6. The Morgan fingerprint density at radius 3 is 2.73 bits per heavy atom. The molecule has 1 atom stereocenters. The monoisotopic (exact) mass is 418 g/mol. The molecule has 1 aromatic heterocycles. The Kier molecular flexibility index (Phi) is 7.33. The standard InChI is InChI=1S/C26H30N2OS/c29-26(27-15-5-11-21-8-2-1-3-9-21)24-13-6-16-28(20-24)19-22-10-4-12-23(18-22)25-14-7-17-30-25/h1-4,7-10,12,14,17-18,24H,5-6,11,13,15-16,19-20H2,(H,27,29). The van der Waals surface area contributed by atoms with Gasteiger partial charge in [0.2, 0.25) is 5.91 Å². The highest BCUT2D eigenvalue weighted by molar-refractivity contribution is 7.13. The lowest BCUT2D eigenvalue weighted by Gasteiger charge is -2.32. The molecule has 1 unspecified atom stereocenters. The van der Waals surface area contributed by atoms with Gasteiger partial charge in [-0.2, -0.15) is 0 Å². The van der Waals surface area contributed by atoms with E-state index in [-0.39, 0.29) is 11.8 Å². The van der Waals surface area contributed by atoms with Gasteiger partial charge in [-0.05, 0) is 66.4 Å². The van der Waals surface area contributed by atoms with Crippen LogP contribution in [0.4, 0.5) is 0 Å². The van der Waals surface area contributed by atoms with E-state index in [1.165, 1.54) is 21.6 Å². The summed E-state index contributed by atoms with van der Waals surface area (Å²) in [6, 6.07) is 23.6. The maximum Gasteiger partial charge on any atom is 0.224 e. The smallest absolute Gasteiger partial charge is 0.224 e. The van der Waals surface area contributed by atoms with Crippen molar-refractivity contribution in [3.8, 4) is 10.4 Å². The number of aryl methyl sites for hydroxylation is 1. The Morgan fingerprint density at radius 2 is 1.90 bits per heavy atom. The van der Waals surface area contributed by atoms with Crippen LogP contribution in [0.3, 0.4) is 0 Å². The molecule has 4 heteroatoms. The number of rotatable bonds is 8. The first-order chi connectivity index (χ1) is 14.8. The molecule has 0 aliphatic carbocycles. The van der Waals surface area contributed by atoms with Gasteiger partial charge in [0.15, 0.2) is 0 Å². The Labute approximate surface area is 183 Å². The lowest BCUT2D eigenvalue weighted by Crippen LogP contribution is -2.42. The number of nitrogens with zero attached hydrogens (tertiary/aromatic N) is 1. The largest absolute Gasteiger partial charge is 0.356 e. The maximum absolute atomic E-state index is 12.7. The van der Waals surface area contributed by atoms with E-state index in [9.17, 15) is 4.79 Å². The van der Waals surface area contributed by atoms with Gasteiger partial charge in [0.1, 0.15) is 0 Å². The van der Waals surface area contributed by atoms with E-state index in [4.69, 9.17) is 0 Å². The molecule has 1 fully saturated rings. The summed E-state index contributed by atoms with van der Waals surface area (Å²) in [6.07, 6.45) is 4.09. The molecule has 1 N–H and O–H groups in total. The molecule has 1 aliphatic heterocycles. The minimum atomic E-state index is 0.107. The van der Waals surface area contributed by atoms with Crippen LogP contribution >= 0.6 is 11.3 Å². The molecule has 30 heavy (non-hydrogen) atoms. The molecule has 1 aliphatic rings. The van der Waals surface area contributed by atoms with Crippen LogP contribution in [0.15, 0.2) is 72.1 Å². The van der Waals surface area contributed by atoms with Crippen LogP contribution in [-0.4, -0.2) is 30.4 Å². The summed E-state index contributed by atoms with van der Waals surface area (Å²) in [5.74, 6) is 0.330. The normalized spacial score (nSPS) is 17.0. The van der Waals surface area contributed by atoms with Crippen molar-refractivity contribution in [3.63, 3.8) is 0 Å². The quantitative estimate of drug-likeness (QED) is 0.498. The summed E-state index contributed by atoms with van der Waals surface area (Å²) in [4.78, 5) is 16.4. The Balaban J connectivity index is 1.25. The zero-order valence-electron chi connectivity index (χ0n) is 17.4. The number of thiophene rings is 1. The van der Waals surface area contributed by atoms with Crippen LogP contribution in [-0.2, 0) is 17.8 Å². The average molecular weight is 419 g/mol. The van der Waals surface area contributed by atoms with Crippen molar-refractivity contribution in [1.82, 2.24) is 10.2 Å². The molecule has 1 amide bonds. The zero-order chi connectivity index (χ0) is 20.6. The summed E-state index contributed by atoms with van der Waals surface area (Å²) in [7, 11) is 0. The third-order valence-corrected chi connectivity index (χ3v) is 6.72. The SMILES string of the molecule is O=C(NCCCc1ccccc1)C1CCCN(Cc2cccc(-c3cccs3)c2)C1. The number of hydrogen-bond acceptors (Lipinski definition) is 3. The summed E-state index contributed by atoms with van der Waals surface area (Å²) in [5, 5.41) is 5.29. The second-order valence-electron chi connectivity index (χ2n) is 8.13. The number of piperidine rings is 1. The molecule has 0 bridgehead atoms. The predicted molar refractivity (Wildman–Crippen MR) is 126 cm³/mol. The summed E-state index contributed by atoms with van der Waals surface area (Å²) in [6.45, 7) is 3.60. The van der Waals surface area contributed by atoms with Crippen molar-refractivity contribution in [3.05, 3.63) is 83.2 Å². The van der Waals surface area contributed by atoms with Gasteiger partial charge < -0.3 is 5.32 Å². The maximum atomic E-state index is 12.7. The number of nitrogens with one attached hydrogen (secondary N) is 1. The van der Waals surface area contributed by atoms with E-state index in [0.717, 1.165) is 51.9 Å². The van der Waals surface area contributed by atoms with Crippen molar-refractivity contribution in [1.29, 1.82) is 0 Å². The molecule has 4 rings (SSSR count). The van der Waals surface area contributed by atoms with Crippen LogP contribution in [0.25, 0.3) is 10.4 Å². The summed E-state index contributed by atoms with van der Waals surface area (Å²) < 4.78 is 0. The van der Waals surface area contributed by atoms with Crippen molar-refractivity contribution < 1.29 is 4.79 Å². The molecule has 3 nitrogen and oxygen atoms in total. The fourth-order valence-electron chi connectivity index (χ4n) is 4.23. The molecule has 0 spiro atoms. The van der Waals surface area contributed by atoms with E-state index < -0.39 is 0 Å². The molecule has 2 aromatic carbocycles. The van der Waals surface area contributed by atoms with Gasteiger partial charge in [0, 0.05) is 24.5 Å². The van der Waals surface area contributed by atoms with E-state index >= 15 is 0 Å². The third-order valence-electron chi connectivity index (χ3n) is 5.80. The van der Waals surface area contributed by atoms with Gasteiger partial charge >= 0.3 is 0 Å². The highest BCUT2D eigenvalue weighted by atomic mass is 32.1. The van der Waals surface area contributed by atoms with Gasteiger partial charge in [-0.25, -0.2) is 0 Å². The molecular weight excluding hydrogens is 388 g/mol. The lowest BCUT2D eigenvalue weighted by atomic mass is 9.96. The van der Waals surface area contributed by atoms with Crippen LogP contribution < -0.4 is 5.32 Å². The molecule has 2 heterocycles. The summed E-state index contributed by atoms with van der Waals surface area (Å²) in [5.41, 5.74) is 3.94. The number of hydrogen-bond donors (Lipinski definition) is 1. The first kappa shape index (κ1) is 20.8. The highest BCUT2D eigenvalue weighted by Crippen LogP contribution is 2.26. The van der Waals surface area contributed by atoms with E-state index in [1.54, 1.807) is 11.3 Å². The van der Waals surface area contributed by atoms with E-state index in [1.807, 2.05) is 6.07 Å². The lowest BCUT2D eigenvalue weighted by molar-refractivity contribution is -0.126. The molecule has 1 saturated heterocycles. The minimum absolute atomic E-state index is 0.107. The predicted octanol–water partition coefficient (Wildman–Crippen LogP) is 5.38. The van der Waals surface area contributed by atoms with Crippen molar-refractivity contribution in [2.24, 2.45) is 5.92 Å². The number of carbonyl (C=O) groups excluding carboxylic acids is 1. The first-order valence-corrected chi connectivity index (χ1v) is 11.8. The topological polar surface area (TPSA) is 32.3 Å².